The number of amides is 1. The molecule has 0 atom stereocenters. The molecule has 2 rings (SSSR count). The number of nitrogens with one attached hydrogen (secondary N) is 1. The Morgan fingerprint density at radius 1 is 1.05 bits per heavy atom. The van der Waals surface area contributed by atoms with Gasteiger partial charge in [0.25, 0.3) is 0 Å². The van der Waals surface area contributed by atoms with E-state index in [2.05, 4.69) is 5.32 Å². The summed E-state index contributed by atoms with van der Waals surface area (Å²) in [6, 6.07) is 0. The van der Waals surface area contributed by atoms with Gasteiger partial charge in [0.1, 0.15) is 5.54 Å². The monoisotopic (exact) mass is 293 g/mol. The highest BCUT2D eigenvalue weighted by Gasteiger charge is 2.64. The summed E-state index contributed by atoms with van der Waals surface area (Å²) in [5.41, 5.74) is -2.73. The lowest BCUT2D eigenvalue weighted by Crippen LogP contribution is -2.49. The number of carboxylic acid groups (broad SMARTS) is 1. The zero-order valence-electron chi connectivity index (χ0n) is 11.1. The molecule has 2 N–H and O–H groups in total. The van der Waals surface area contributed by atoms with Gasteiger partial charge in [-0.05, 0) is 31.1 Å². The van der Waals surface area contributed by atoms with Crippen LogP contribution < -0.4 is 5.32 Å². The van der Waals surface area contributed by atoms with Crippen molar-refractivity contribution in [3.8, 4) is 0 Å². The molecule has 2 aliphatic carbocycles. The van der Waals surface area contributed by atoms with Crippen LogP contribution in [0.25, 0.3) is 0 Å². The molecule has 2 fully saturated rings. The van der Waals surface area contributed by atoms with Gasteiger partial charge in [-0.15, -0.1) is 0 Å². The first kappa shape index (κ1) is 15.1. The summed E-state index contributed by atoms with van der Waals surface area (Å²) in [6.45, 7) is 0. The molecule has 0 aromatic carbocycles. The van der Waals surface area contributed by atoms with Crippen LogP contribution in [0.3, 0.4) is 0 Å². The summed E-state index contributed by atoms with van der Waals surface area (Å²) in [4.78, 5) is 22.8. The molecule has 1 amide bonds. The van der Waals surface area contributed by atoms with Crippen LogP contribution in [0.4, 0.5) is 13.2 Å². The number of halogens is 3. The molecule has 2 aliphatic rings. The standard InChI is InChI=1S/C13H18F3NO3/c14-13(15,16)12(5-6-12)17-9(18)7-11(8-10(19)20)3-1-2-4-11/h1-8H2,(H,17,18)(H,19,20). The molecular formula is C13H18F3NO3. The molecule has 0 aromatic heterocycles. The van der Waals surface area contributed by atoms with E-state index in [0.717, 1.165) is 12.8 Å². The third kappa shape index (κ3) is 3.07. The molecule has 0 spiro atoms. The van der Waals surface area contributed by atoms with Crippen LogP contribution in [-0.4, -0.2) is 28.7 Å². The summed E-state index contributed by atoms with van der Waals surface area (Å²) in [5, 5.41) is 11.0. The van der Waals surface area contributed by atoms with Crippen molar-refractivity contribution in [2.45, 2.75) is 63.1 Å². The molecule has 0 saturated heterocycles. The van der Waals surface area contributed by atoms with Crippen molar-refractivity contribution in [3.63, 3.8) is 0 Å². The summed E-state index contributed by atoms with van der Waals surface area (Å²) < 4.78 is 38.3. The van der Waals surface area contributed by atoms with Crippen LogP contribution in [0.1, 0.15) is 51.4 Å². The van der Waals surface area contributed by atoms with Crippen molar-refractivity contribution in [1.82, 2.24) is 5.32 Å². The minimum Gasteiger partial charge on any atom is -0.481 e. The second kappa shape index (κ2) is 4.93. The average Bonchev–Trinajstić information content (AvgIpc) is 2.92. The maximum absolute atomic E-state index is 12.8. The molecule has 0 aliphatic heterocycles. The Morgan fingerprint density at radius 3 is 2.00 bits per heavy atom. The lowest BCUT2D eigenvalue weighted by molar-refractivity contribution is -0.171. The Morgan fingerprint density at radius 2 is 1.60 bits per heavy atom. The van der Waals surface area contributed by atoms with Gasteiger partial charge in [-0.1, -0.05) is 12.8 Å². The molecule has 0 radical (unpaired) electrons. The van der Waals surface area contributed by atoms with Crippen LogP contribution in [-0.2, 0) is 9.59 Å². The maximum Gasteiger partial charge on any atom is 0.411 e. The molecule has 114 valence electrons. The Hall–Kier alpha value is -1.27. The van der Waals surface area contributed by atoms with Crippen LogP contribution in [0.2, 0.25) is 0 Å². The van der Waals surface area contributed by atoms with Crippen LogP contribution in [0.15, 0.2) is 0 Å². The molecule has 20 heavy (non-hydrogen) atoms. The van der Waals surface area contributed by atoms with Gasteiger partial charge < -0.3 is 10.4 Å². The van der Waals surface area contributed by atoms with Crippen molar-refractivity contribution in [3.05, 3.63) is 0 Å². The summed E-state index contributed by atoms with van der Waals surface area (Å²) >= 11 is 0. The van der Waals surface area contributed by atoms with E-state index in [-0.39, 0.29) is 25.7 Å². The largest absolute Gasteiger partial charge is 0.481 e. The second-order valence-electron chi connectivity index (χ2n) is 6.08. The normalized spacial score (nSPS) is 23.4. The van der Waals surface area contributed by atoms with Crippen LogP contribution in [0.5, 0.6) is 0 Å². The lowest BCUT2D eigenvalue weighted by atomic mass is 9.79. The molecule has 4 nitrogen and oxygen atoms in total. The third-order valence-corrected chi connectivity index (χ3v) is 4.40. The van der Waals surface area contributed by atoms with Gasteiger partial charge in [-0.2, -0.15) is 13.2 Å². The summed E-state index contributed by atoms with van der Waals surface area (Å²) in [6.07, 6.45) is -2.06. The van der Waals surface area contributed by atoms with Crippen LogP contribution in [0, 0.1) is 5.41 Å². The minimum absolute atomic E-state index is 0.0891. The number of alkyl halides is 3. The number of carbonyl (C=O) groups is 2. The van der Waals surface area contributed by atoms with Gasteiger partial charge in [0.2, 0.25) is 5.91 Å². The number of hydrogen-bond acceptors (Lipinski definition) is 2. The smallest absolute Gasteiger partial charge is 0.411 e. The highest BCUT2D eigenvalue weighted by Crippen LogP contribution is 2.50. The highest BCUT2D eigenvalue weighted by molar-refractivity contribution is 5.79. The topological polar surface area (TPSA) is 66.4 Å². The van der Waals surface area contributed by atoms with E-state index in [4.69, 9.17) is 5.11 Å². The van der Waals surface area contributed by atoms with Gasteiger partial charge in [0, 0.05) is 6.42 Å². The average molecular weight is 293 g/mol. The van der Waals surface area contributed by atoms with E-state index in [1.165, 1.54) is 0 Å². The Labute approximate surface area is 114 Å². The predicted molar refractivity (Wildman–Crippen MR) is 63.9 cm³/mol. The number of aliphatic carboxylic acids is 1. The Bertz CT molecular complexity index is 410. The Kier molecular flexibility index (Phi) is 3.73. The molecule has 0 bridgehead atoms. The van der Waals surface area contributed by atoms with Crippen molar-refractivity contribution < 1.29 is 27.9 Å². The summed E-state index contributed by atoms with van der Waals surface area (Å²) in [7, 11) is 0. The van der Waals surface area contributed by atoms with E-state index < -0.39 is 29.0 Å². The highest BCUT2D eigenvalue weighted by atomic mass is 19.4. The van der Waals surface area contributed by atoms with E-state index in [1.807, 2.05) is 0 Å². The molecule has 7 heteroatoms. The van der Waals surface area contributed by atoms with Crippen molar-refractivity contribution in [1.29, 1.82) is 0 Å². The fourth-order valence-electron chi connectivity index (χ4n) is 3.12. The summed E-state index contributed by atoms with van der Waals surface area (Å²) in [5.74, 6) is -1.68. The van der Waals surface area contributed by atoms with Gasteiger partial charge in [0.05, 0.1) is 6.42 Å². The van der Waals surface area contributed by atoms with E-state index >= 15 is 0 Å². The van der Waals surface area contributed by atoms with E-state index in [9.17, 15) is 22.8 Å². The fraction of sp³-hybridized carbons (Fsp3) is 0.846. The fourth-order valence-corrected chi connectivity index (χ4v) is 3.12. The molecule has 2 saturated carbocycles. The predicted octanol–water partition coefficient (Wildman–Crippen LogP) is 2.62. The first-order chi connectivity index (χ1) is 9.18. The van der Waals surface area contributed by atoms with Gasteiger partial charge in [0.15, 0.2) is 0 Å². The zero-order chi connectivity index (χ0) is 15.0. The maximum atomic E-state index is 12.8. The van der Waals surface area contributed by atoms with Gasteiger partial charge >= 0.3 is 12.1 Å². The van der Waals surface area contributed by atoms with E-state index in [1.54, 1.807) is 0 Å². The van der Waals surface area contributed by atoms with Gasteiger partial charge in [-0.3, -0.25) is 9.59 Å². The molecule has 0 aromatic rings. The minimum atomic E-state index is -4.43. The molecule has 0 heterocycles. The third-order valence-electron chi connectivity index (χ3n) is 4.40. The van der Waals surface area contributed by atoms with Gasteiger partial charge in [-0.25, -0.2) is 0 Å². The number of carboxylic acids is 1. The zero-order valence-corrected chi connectivity index (χ0v) is 11.1. The van der Waals surface area contributed by atoms with Crippen molar-refractivity contribution >= 4 is 11.9 Å². The lowest BCUT2D eigenvalue weighted by Gasteiger charge is -2.28. The van der Waals surface area contributed by atoms with Crippen molar-refractivity contribution in [2.75, 3.05) is 0 Å². The van der Waals surface area contributed by atoms with Crippen molar-refractivity contribution in [2.24, 2.45) is 5.41 Å². The molecule has 0 unspecified atom stereocenters. The first-order valence-electron chi connectivity index (χ1n) is 6.78. The van der Waals surface area contributed by atoms with Crippen LogP contribution >= 0.6 is 0 Å². The SMILES string of the molecule is O=C(O)CC1(CC(=O)NC2(C(F)(F)F)CC2)CCCC1. The number of carbonyl (C=O) groups excluding carboxylic acids is 1. The first-order valence-corrected chi connectivity index (χ1v) is 6.78. The molecular weight excluding hydrogens is 275 g/mol. The quantitative estimate of drug-likeness (QED) is 0.819. The number of rotatable bonds is 5. The number of hydrogen-bond donors (Lipinski definition) is 2. The Balaban J connectivity index is 1.98. The second-order valence-corrected chi connectivity index (χ2v) is 6.08. The van der Waals surface area contributed by atoms with E-state index in [0.29, 0.717) is 12.8 Å².